The van der Waals surface area contributed by atoms with Crippen LogP contribution >= 0.6 is 0 Å². The van der Waals surface area contributed by atoms with Gasteiger partial charge in [-0.25, -0.2) is 0 Å². The van der Waals surface area contributed by atoms with E-state index >= 15 is 0 Å². The maximum Gasteiger partial charge on any atom is 0.0674 e. The molecule has 112 valence electrons. The Bertz CT molecular complexity index is 261. The van der Waals surface area contributed by atoms with E-state index in [1.165, 1.54) is 45.1 Å². The fourth-order valence-electron chi connectivity index (χ4n) is 3.99. The maximum atomic E-state index is 6.20. The minimum absolute atomic E-state index is 0.270. The second-order valence-electron chi connectivity index (χ2n) is 6.64. The molecule has 2 fully saturated rings. The van der Waals surface area contributed by atoms with Crippen LogP contribution in [0.15, 0.2) is 0 Å². The minimum Gasteiger partial charge on any atom is -0.377 e. The molecule has 3 nitrogen and oxygen atoms in total. The molecular weight excluding hydrogens is 236 g/mol. The smallest absolute Gasteiger partial charge is 0.0674 e. The molecule has 1 saturated carbocycles. The first kappa shape index (κ1) is 15.3. The highest BCUT2D eigenvalue weighted by atomic mass is 16.5. The molecule has 0 bridgehead atoms. The van der Waals surface area contributed by atoms with Gasteiger partial charge in [0.25, 0.3) is 0 Å². The lowest BCUT2D eigenvalue weighted by atomic mass is 9.74. The summed E-state index contributed by atoms with van der Waals surface area (Å²) in [6, 6.07) is 0. The van der Waals surface area contributed by atoms with Gasteiger partial charge in [-0.05, 0) is 44.9 Å². The van der Waals surface area contributed by atoms with Gasteiger partial charge in [0.15, 0.2) is 0 Å². The van der Waals surface area contributed by atoms with E-state index in [2.05, 4.69) is 18.7 Å². The van der Waals surface area contributed by atoms with Crippen LogP contribution < -0.4 is 5.73 Å². The van der Waals surface area contributed by atoms with Crippen molar-refractivity contribution in [2.75, 3.05) is 26.2 Å². The molecule has 0 radical (unpaired) electrons. The van der Waals surface area contributed by atoms with Crippen molar-refractivity contribution in [3.63, 3.8) is 0 Å². The summed E-state index contributed by atoms with van der Waals surface area (Å²) in [5, 5.41) is 0. The van der Waals surface area contributed by atoms with Crippen LogP contribution in [-0.2, 0) is 4.74 Å². The molecule has 19 heavy (non-hydrogen) atoms. The van der Waals surface area contributed by atoms with Crippen LogP contribution in [0.1, 0.15) is 58.8 Å². The second-order valence-corrected chi connectivity index (χ2v) is 6.64. The van der Waals surface area contributed by atoms with Crippen LogP contribution in [0.4, 0.5) is 0 Å². The monoisotopic (exact) mass is 268 g/mol. The number of hydrogen-bond acceptors (Lipinski definition) is 3. The van der Waals surface area contributed by atoms with Crippen molar-refractivity contribution in [2.24, 2.45) is 11.7 Å². The number of rotatable bonds is 4. The first-order valence-electron chi connectivity index (χ1n) is 8.27. The molecule has 2 N–H and O–H groups in total. The van der Waals surface area contributed by atoms with E-state index in [1.807, 2.05) is 0 Å². The molecular formula is C16H32N2O. The molecule has 3 heteroatoms. The van der Waals surface area contributed by atoms with Crippen molar-refractivity contribution in [1.29, 1.82) is 0 Å². The summed E-state index contributed by atoms with van der Waals surface area (Å²) in [5.41, 5.74) is 6.47. The Morgan fingerprint density at radius 3 is 2.68 bits per heavy atom. The summed E-state index contributed by atoms with van der Waals surface area (Å²) in [6.07, 6.45) is 9.58. The third-order valence-electron chi connectivity index (χ3n) is 5.24. The summed E-state index contributed by atoms with van der Waals surface area (Å²) in [4.78, 5) is 2.66. The Hall–Kier alpha value is -0.120. The molecule has 1 heterocycles. The van der Waals surface area contributed by atoms with Crippen molar-refractivity contribution >= 4 is 0 Å². The molecule has 1 unspecified atom stereocenters. The quantitative estimate of drug-likeness (QED) is 0.852. The number of nitrogens with two attached hydrogens (primary N) is 1. The van der Waals surface area contributed by atoms with Gasteiger partial charge in [0.1, 0.15) is 0 Å². The molecule has 1 saturated heterocycles. The van der Waals surface area contributed by atoms with Gasteiger partial charge in [0, 0.05) is 31.8 Å². The molecule has 0 amide bonds. The molecule has 1 aliphatic carbocycles. The summed E-state index contributed by atoms with van der Waals surface area (Å²) in [7, 11) is 0. The third kappa shape index (κ3) is 3.71. The van der Waals surface area contributed by atoms with Crippen molar-refractivity contribution in [3.8, 4) is 0 Å². The lowest BCUT2D eigenvalue weighted by Gasteiger charge is -2.48. The topological polar surface area (TPSA) is 38.5 Å². The molecule has 0 aromatic heterocycles. The van der Waals surface area contributed by atoms with Gasteiger partial charge in [-0.2, -0.15) is 0 Å². The van der Waals surface area contributed by atoms with Gasteiger partial charge in [-0.3, -0.25) is 4.90 Å². The maximum absolute atomic E-state index is 6.20. The zero-order valence-corrected chi connectivity index (χ0v) is 12.9. The van der Waals surface area contributed by atoms with Crippen molar-refractivity contribution in [2.45, 2.75) is 70.4 Å². The van der Waals surface area contributed by atoms with E-state index < -0.39 is 0 Å². The number of ether oxygens (including phenoxy) is 1. The van der Waals surface area contributed by atoms with Crippen LogP contribution in [0.5, 0.6) is 0 Å². The molecule has 0 aromatic rings. The zero-order valence-electron chi connectivity index (χ0n) is 12.9. The zero-order chi connectivity index (χ0) is 13.7. The SMILES string of the molecule is CCCC1CCC(CN)(N2CCCOC(C)C2)CC1. The highest BCUT2D eigenvalue weighted by molar-refractivity contribution is 4.96. The highest BCUT2D eigenvalue weighted by Gasteiger charge is 2.39. The van der Waals surface area contributed by atoms with Gasteiger partial charge >= 0.3 is 0 Å². The number of hydrogen-bond donors (Lipinski definition) is 1. The van der Waals surface area contributed by atoms with E-state index in [9.17, 15) is 0 Å². The molecule has 1 atom stereocenters. The van der Waals surface area contributed by atoms with Crippen molar-refractivity contribution < 1.29 is 4.74 Å². The van der Waals surface area contributed by atoms with E-state index in [0.717, 1.165) is 32.0 Å². The average Bonchev–Trinajstić information content (AvgIpc) is 2.65. The van der Waals surface area contributed by atoms with Crippen LogP contribution in [0.2, 0.25) is 0 Å². The van der Waals surface area contributed by atoms with Gasteiger partial charge < -0.3 is 10.5 Å². The summed E-state index contributed by atoms with van der Waals surface area (Å²) in [6.45, 7) is 8.47. The largest absolute Gasteiger partial charge is 0.377 e. The Morgan fingerprint density at radius 1 is 1.32 bits per heavy atom. The Morgan fingerprint density at radius 2 is 2.05 bits per heavy atom. The predicted molar refractivity (Wildman–Crippen MR) is 80.3 cm³/mol. The Balaban J connectivity index is 1.98. The first-order valence-corrected chi connectivity index (χ1v) is 8.27. The summed E-state index contributed by atoms with van der Waals surface area (Å²) in [5.74, 6) is 0.949. The predicted octanol–water partition coefficient (Wildman–Crippen LogP) is 2.79. The third-order valence-corrected chi connectivity index (χ3v) is 5.24. The summed E-state index contributed by atoms with van der Waals surface area (Å²) < 4.78 is 5.79. The highest BCUT2D eigenvalue weighted by Crippen LogP contribution is 2.38. The number of nitrogens with zero attached hydrogens (tertiary/aromatic N) is 1. The van der Waals surface area contributed by atoms with Crippen LogP contribution in [0, 0.1) is 5.92 Å². The standard InChI is InChI=1S/C16H32N2O/c1-3-5-15-6-8-16(13-17,9-7-15)18-10-4-11-19-14(2)12-18/h14-15H,3-13,17H2,1-2H3. The van der Waals surface area contributed by atoms with Crippen molar-refractivity contribution in [3.05, 3.63) is 0 Å². The molecule has 1 aliphatic heterocycles. The van der Waals surface area contributed by atoms with Crippen LogP contribution in [-0.4, -0.2) is 42.8 Å². The lowest BCUT2D eigenvalue weighted by Crippen LogP contribution is -2.57. The van der Waals surface area contributed by atoms with E-state index in [-0.39, 0.29) is 5.54 Å². The van der Waals surface area contributed by atoms with Crippen molar-refractivity contribution in [1.82, 2.24) is 4.90 Å². The van der Waals surface area contributed by atoms with E-state index in [0.29, 0.717) is 6.10 Å². The van der Waals surface area contributed by atoms with E-state index in [4.69, 9.17) is 10.5 Å². The molecule has 2 rings (SSSR count). The Labute approximate surface area is 118 Å². The van der Waals surface area contributed by atoms with Gasteiger partial charge in [0.2, 0.25) is 0 Å². The lowest BCUT2D eigenvalue weighted by molar-refractivity contribution is 0.0130. The van der Waals surface area contributed by atoms with Gasteiger partial charge in [-0.15, -0.1) is 0 Å². The van der Waals surface area contributed by atoms with Gasteiger partial charge in [-0.1, -0.05) is 19.8 Å². The van der Waals surface area contributed by atoms with Gasteiger partial charge in [0.05, 0.1) is 6.10 Å². The minimum atomic E-state index is 0.270. The molecule has 0 aromatic carbocycles. The second kappa shape index (κ2) is 7.05. The fraction of sp³-hybridized carbons (Fsp3) is 1.00. The van der Waals surface area contributed by atoms with E-state index in [1.54, 1.807) is 0 Å². The van der Waals surface area contributed by atoms with Crippen LogP contribution in [0.25, 0.3) is 0 Å². The Kier molecular flexibility index (Phi) is 5.67. The summed E-state index contributed by atoms with van der Waals surface area (Å²) >= 11 is 0. The first-order chi connectivity index (χ1) is 9.20. The normalized spacial score (nSPS) is 38.1. The average molecular weight is 268 g/mol. The fourth-order valence-corrected chi connectivity index (χ4v) is 3.99. The molecule has 0 spiro atoms. The molecule has 2 aliphatic rings. The van der Waals surface area contributed by atoms with Crippen LogP contribution in [0.3, 0.4) is 0 Å².